The van der Waals surface area contributed by atoms with Crippen molar-refractivity contribution in [2.24, 2.45) is 0 Å². The number of hydrogen-bond acceptors (Lipinski definition) is 5. The maximum atomic E-state index is 9.78. The van der Waals surface area contributed by atoms with Gasteiger partial charge in [-0.15, -0.1) is 11.3 Å². The van der Waals surface area contributed by atoms with E-state index < -0.39 is 5.60 Å². The van der Waals surface area contributed by atoms with Crippen LogP contribution in [0.3, 0.4) is 0 Å². The summed E-state index contributed by atoms with van der Waals surface area (Å²) in [7, 11) is 1.99. The van der Waals surface area contributed by atoms with E-state index in [2.05, 4.69) is 9.88 Å². The molecule has 1 N–H and O–H groups in total. The van der Waals surface area contributed by atoms with Gasteiger partial charge in [0.05, 0.1) is 5.60 Å². The van der Waals surface area contributed by atoms with Gasteiger partial charge in [0.15, 0.2) is 10.8 Å². The van der Waals surface area contributed by atoms with Crippen LogP contribution in [0.25, 0.3) is 10.8 Å². The Bertz CT molecular complexity index is 540. The molecule has 0 aliphatic carbocycles. The largest absolute Gasteiger partial charge is 0.459 e. The highest BCUT2D eigenvalue weighted by atomic mass is 32.1. The molecule has 5 heteroatoms. The Morgan fingerprint density at radius 1 is 1.42 bits per heavy atom. The number of hydrogen-bond donors (Lipinski definition) is 1. The fourth-order valence-corrected chi connectivity index (χ4v) is 2.98. The summed E-state index contributed by atoms with van der Waals surface area (Å²) in [5, 5.41) is 10.7. The fourth-order valence-electron chi connectivity index (χ4n) is 2.03. The molecule has 0 aromatic carbocycles. The van der Waals surface area contributed by atoms with Gasteiger partial charge in [-0.1, -0.05) is 0 Å². The van der Waals surface area contributed by atoms with E-state index in [-0.39, 0.29) is 0 Å². The molecule has 19 heavy (non-hydrogen) atoms. The Hall–Kier alpha value is -1.17. The van der Waals surface area contributed by atoms with E-state index in [1.54, 1.807) is 11.3 Å². The Labute approximate surface area is 117 Å². The van der Waals surface area contributed by atoms with Gasteiger partial charge in [0, 0.05) is 24.2 Å². The minimum Gasteiger partial charge on any atom is -0.459 e. The standard InChI is InChI=1S/C14H20N2O2S/c1-10-5-6-12(18-10)13-15-7-11(19-13)8-16(4)9-14(2,3)17/h5-7,17H,8-9H2,1-4H3. The number of likely N-dealkylation sites (N-methyl/N-ethyl adjacent to an activating group) is 1. The summed E-state index contributed by atoms with van der Waals surface area (Å²) < 4.78 is 5.56. The van der Waals surface area contributed by atoms with Crippen molar-refractivity contribution in [1.82, 2.24) is 9.88 Å². The molecule has 0 aliphatic rings. The zero-order valence-electron chi connectivity index (χ0n) is 11.8. The number of aliphatic hydroxyl groups is 1. The van der Waals surface area contributed by atoms with Gasteiger partial charge in [0.2, 0.25) is 0 Å². The third-order valence-corrected chi connectivity index (χ3v) is 3.58. The van der Waals surface area contributed by atoms with Gasteiger partial charge in [-0.3, -0.25) is 4.90 Å². The normalized spacial score (nSPS) is 12.3. The van der Waals surface area contributed by atoms with Crippen LogP contribution in [0, 0.1) is 6.92 Å². The van der Waals surface area contributed by atoms with Crippen LogP contribution < -0.4 is 0 Å². The number of aromatic nitrogens is 1. The molecular formula is C14H20N2O2S. The minimum atomic E-state index is -0.680. The third-order valence-electron chi connectivity index (χ3n) is 2.59. The van der Waals surface area contributed by atoms with Crippen molar-refractivity contribution in [1.29, 1.82) is 0 Å². The van der Waals surface area contributed by atoms with Crippen LogP contribution >= 0.6 is 11.3 Å². The Morgan fingerprint density at radius 2 is 2.16 bits per heavy atom. The Balaban J connectivity index is 2.01. The van der Waals surface area contributed by atoms with E-state index in [9.17, 15) is 5.11 Å². The highest BCUT2D eigenvalue weighted by Gasteiger charge is 2.16. The van der Waals surface area contributed by atoms with E-state index in [0.29, 0.717) is 6.54 Å². The van der Waals surface area contributed by atoms with Crippen molar-refractivity contribution < 1.29 is 9.52 Å². The monoisotopic (exact) mass is 280 g/mol. The van der Waals surface area contributed by atoms with Crippen molar-refractivity contribution >= 4 is 11.3 Å². The zero-order chi connectivity index (χ0) is 14.0. The van der Waals surface area contributed by atoms with Crippen LogP contribution in [-0.4, -0.2) is 34.2 Å². The van der Waals surface area contributed by atoms with Crippen molar-refractivity contribution in [3.05, 3.63) is 29.0 Å². The summed E-state index contributed by atoms with van der Waals surface area (Å²) in [6.07, 6.45) is 1.87. The molecule has 2 rings (SSSR count). The molecule has 0 spiro atoms. The van der Waals surface area contributed by atoms with Crippen LogP contribution in [0.2, 0.25) is 0 Å². The summed E-state index contributed by atoms with van der Waals surface area (Å²) in [4.78, 5) is 7.64. The number of furan rings is 1. The second kappa shape index (κ2) is 5.45. The lowest BCUT2D eigenvalue weighted by Gasteiger charge is -2.24. The predicted octanol–water partition coefficient (Wildman–Crippen LogP) is 2.91. The van der Waals surface area contributed by atoms with E-state index in [4.69, 9.17) is 4.42 Å². The Kier molecular flexibility index (Phi) is 4.08. The number of aryl methyl sites for hydroxylation is 1. The zero-order valence-corrected chi connectivity index (χ0v) is 12.6. The molecule has 0 aliphatic heterocycles. The van der Waals surface area contributed by atoms with Gasteiger partial charge in [-0.05, 0) is 40.0 Å². The molecule has 104 valence electrons. The third kappa shape index (κ3) is 4.16. The first-order valence-corrected chi connectivity index (χ1v) is 7.07. The van der Waals surface area contributed by atoms with Gasteiger partial charge >= 0.3 is 0 Å². The first-order chi connectivity index (χ1) is 8.83. The molecule has 0 amide bonds. The van der Waals surface area contributed by atoms with Crippen LogP contribution in [0.4, 0.5) is 0 Å². The molecule has 2 aromatic heterocycles. The summed E-state index contributed by atoms with van der Waals surface area (Å²) in [5.41, 5.74) is -0.680. The first kappa shape index (κ1) is 14.2. The van der Waals surface area contributed by atoms with Gasteiger partial charge in [0.1, 0.15) is 5.76 Å². The molecule has 2 aromatic rings. The van der Waals surface area contributed by atoms with Crippen LogP contribution in [0.5, 0.6) is 0 Å². The van der Waals surface area contributed by atoms with E-state index in [1.807, 2.05) is 46.1 Å². The van der Waals surface area contributed by atoms with Gasteiger partial charge < -0.3 is 9.52 Å². The topological polar surface area (TPSA) is 49.5 Å². The maximum absolute atomic E-state index is 9.78. The molecule has 0 radical (unpaired) electrons. The number of thiazole rings is 1. The fraction of sp³-hybridized carbons (Fsp3) is 0.500. The molecule has 0 fully saturated rings. The average molecular weight is 280 g/mol. The second-order valence-corrected chi connectivity index (χ2v) is 6.64. The van der Waals surface area contributed by atoms with Crippen molar-refractivity contribution in [2.45, 2.75) is 32.9 Å². The summed E-state index contributed by atoms with van der Waals surface area (Å²) in [6.45, 7) is 6.96. The van der Waals surface area contributed by atoms with Gasteiger partial charge in [-0.2, -0.15) is 0 Å². The lowest BCUT2D eigenvalue weighted by Crippen LogP contribution is -2.35. The van der Waals surface area contributed by atoms with Crippen LogP contribution in [0.15, 0.2) is 22.7 Å². The molecule has 2 heterocycles. The molecule has 0 bridgehead atoms. The highest BCUT2D eigenvalue weighted by molar-refractivity contribution is 7.14. The molecule has 0 saturated heterocycles. The van der Waals surface area contributed by atoms with Gasteiger partial charge in [0.25, 0.3) is 0 Å². The SMILES string of the molecule is Cc1ccc(-c2ncc(CN(C)CC(C)(C)O)s2)o1. The lowest BCUT2D eigenvalue weighted by atomic mass is 10.1. The van der Waals surface area contributed by atoms with Gasteiger partial charge in [-0.25, -0.2) is 4.98 Å². The minimum absolute atomic E-state index is 0.625. The molecule has 0 saturated carbocycles. The highest BCUT2D eigenvalue weighted by Crippen LogP contribution is 2.27. The van der Waals surface area contributed by atoms with E-state index >= 15 is 0 Å². The number of rotatable bonds is 5. The summed E-state index contributed by atoms with van der Waals surface area (Å²) >= 11 is 1.63. The van der Waals surface area contributed by atoms with Crippen molar-refractivity contribution in [3.63, 3.8) is 0 Å². The van der Waals surface area contributed by atoms with Crippen molar-refractivity contribution in [3.8, 4) is 10.8 Å². The summed E-state index contributed by atoms with van der Waals surface area (Å²) in [6, 6.07) is 3.88. The smallest absolute Gasteiger partial charge is 0.162 e. The molecule has 0 unspecified atom stereocenters. The second-order valence-electron chi connectivity index (χ2n) is 5.53. The quantitative estimate of drug-likeness (QED) is 0.915. The van der Waals surface area contributed by atoms with Crippen LogP contribution in [-0.2, 0) is 6.54 Å². The van der Waals surface area contributed by atoms with E-state index in [0.717, 1.165) is 28.0 Å². The van der Waals surface area contributed by atoms with E-state index in [1.165, 1.54) is 0 Å². The molecule has 4 nitrogen and oxygen atoms in total. The van der Waals surface area contributed by atoms with Crippen molar-refractivity contribution in [2.75, 3.05) is 13.6 Å². The first-order valence-electron chi connectivity index (χ1n) is 6.26. The number of nitrogens with zero attached hydrogens (tertiary/aromatic N) is 2. The summed E-state index contributed by atoms with van der Waals surface area (Å²) in [5.74, 6) is 1.71. The molecule has 0 atom stereocenters. The predicted molar refractivity (Wildman–Crippen MR) is 77.2 cm³/mol. The lowest BCUT2D eigenvalue weighted by molar-refractivity contribution is 0.0427. The average Bonchev–Trinajstić information content (AvgIpc) is 2.83. The maximum Gasteiger partial charge on any atom is 0.162 e. The molecular weight excluding hydrogens is 260 g/mol. The van der Waals surface area contributed by atoms with Crippen LogP contribution in [0.1, 0.15) is 24.5 Å². The Morgan fingerprint density at radius 3 is 2.74 bits per heavy atom.